The molecule has 0 spiro atoms. The number of hydrogen-bond donors (Lipinski definition) is 1. The Labute approximate surface area is 111 Å². The molecule has 1 aromatic heterocycles. The Bertz CT molecular complexity index is 525. The third kappa shape index (κ3) is 2.40. The van der Waals surface area contributed by atoms with Crippen LogP contribution >= 0.6 is 11.3 Å². The molecule has 2 aromatic rings. The minimum Gasteiger partial charge on any atom is -0.493 e. The summed E-state index contributed by atoms with van der Waals surface area (Å²) in [6, 6.07) is 6.50. The molecular weight excluding hydrogens is 244 g/mol. The Hall–Kier alpha value is -1.39. The Morgan fingerprint density at radius 3 is 3.22 bits per heavy atom. The maximum atomic E-state index is 6.12. The van der Waals surface area contributed by atoms with Crippen molar-refractivity contribution < 1.29 is 4.74 Å². The van der Waals surface area contributed by atoms with Crippen LogP contribution in [-0.2, 0) is 12.8 Å². The standard InChI is InChI=1S/C14H16N2OS/c15-12(13-8-18-9-16-13)3-1-10-2-4-14-11(7-10)5-6-17-14/h2,4,7-9,12H,1,3,5-6,15H2. The Morgan fingerprint density at radius 2 is 2.39 bits per heavy atom. The quantitative estimate of drug-likeness (QED) is 0.919. The van der Waals surface area contributed by atoms with Crippen molar-refractivity contribution in [3.8, 4) is 5.75 Å². The zero-order valence-corrected chi connectivity index (χ0v) is 11.0. The molecule has 2 N–H and O–H groups in total. The lowest BCUT2D eigenvalue weighted by atomic mass is 10.0. The predicted octanol–water partition coefficient (Wildman–Crippen LogP) is 2.71. The van der Waals surface area contributed by atoms with Gasteiger partial charge < -0.3 is 10.5 Å². The molecule has 0 radical (unpaired) electrons. The van der Waals surface area contributed by atoms with Gasteiger partial charge in [0.05, 0.1) is 17.8 Å². The first-order chi connectivity index (χ1) is 8.83. The van der Waals surface area contributed by atoms with Crippen LogP contribution < -0.4 is 10.5 Å². The van der Waals surface area contributed by atoms with Crippen LogP contribution in [0.3, 0.4) is 0 Å². The van der Waals surface area contributed by atoms with Crippen LogP contribution in [0.1, 0.15) is 29.3 Å². The number of fused-ring (bicyclic) bond motifs is 1. The van der Waals surface area contributed by atoms with Crippen LogP contribution in [0.5, 0.6) is 5.75 Å². The van der Waals surface area contributed by atoms with Gasteiger partial charge in [-0.2, -0.15) is 0 Å². The van der Waals surface area contributed by atoms with Crippen molar-refractivity contribution in [2.45, 2.75) is 25.3 Å². The first kappa shape index (κ1) is 11.7. The van der Waals surface area contributed by atoms with E-state index in [2.05, 4.69) is 23.2 Å². The van der Waals surface area contributed by atoms with E-state index in [0.29, 0.717) is 0 Å². The van der Waals surface area contributed by atoms with Gasteiger partial charge in [-0.15, -0.1) is 11.3 Å². The molecule has 94 valence electrons. The fourth-order valence-corrected chi connectivity index (χ4v) is 2.89. The normalized spacial score (nSPS) is 15.2. The maximum Gasteiger partial charge on any atom is 0.122 e. The van der Waals surface area contributed by atoms with Crippen molar-refractivity contribution in [1.82, 2.24) is 4.98 Å². The van der Waals surface area contributed by atoms with Gasteiger partial charge in [0.15, 0.2) is 0 Å². The third-order valence-corrected chi connectivity index (χ3v) is 3.93. The Kier molecular flexibility index (Phi) is 3.30. The number of hydrogen-bond acceptors (Lipinski definition) is 4. The molecule has 1 aromatic carbocycles. The molecule has 0 saturated carbocycles. The molecule has 1 aliphatic rings. The van der Waals surface area contributed by atoms with Crippen LogP contribution in [0.2, 0.25) is 0 Å². The van der Waals surface area contributed by atoms with E-state index in [9.17, 15) is 0 Å². The van der Waals surface area contributed by atoms with Gasteiger partial charge in [0.1, 0.15) is 5.75 Å². The molecule has 18 heavy (non-hydrogen) atoms. The van der Waals surface area contributed by atoms with E-state index < -0.39 is 0 Å². The summed E-state index contributed by atoms with van der Waals surface area (Å²) >= 11 is 1.60. The molecule has 0 amide bonds. The zero-order valence-electron chi connectivity index (χ0n) is 10.1. The lowest BCUT2D eigenvalue weighted by Crippen LogP contribution is -2.11. The summed E-state index contributed by atoms with van der Waals surface area (Å²) in [6.45, 7) is 0.817. The Morgan fingerprint density at radius 1 is 1.44 bits per heavy atom. The zero-order chi connectivity index (χ0) is 12.4. The molecule has 1 unspecified atom stereocenters. The van der Waals surface area contributed by atoms with E-state index in [-0.39, 0.29) is 6.04 Å². The van der Waals surface area contributed by atoms with Crippen LogP contribution in [0, 0.1) is 0 Å². The molecule has 0 aliphatic carbocycles. The van der Waals surface area contributed by atoms with Gasteiger partial charge >= 0.3 is 0 Å². The molecule has 4 heteroatoms. The number of ether oxygens (including phenoxy) is 1. The van der Waals surface area contributed by atoms with Crippen molar-refractivity contribution in [1.29, 1.82) is 0 Å². The summed E-state index contributed by atoms with van der Waals surface area (Å²) in [5.74, 6) is 1.04. The van der Waals surface area contributed by atoms with Crippen molar-refractivity contribution in [3.05, 3.63) is 45.9 Å². The smallest absolute Gasteiger partial charge is 0.122 e. The highest BCUT2D eigenvalue weighted by Gasteiger charge is 2.13. The maximum absolute atomic E-state index is 6.12. The summed E-state index contributed by atoms with van der Waals surface area (Å²) in [5.41, 5.74) is 11.6. The highest BCUT2D eigenvalue weighted by molar-refractivity contribution is 7.07. The largest absolute Gasteiger partial charge is 0.493 e. The lowest BCUT2D eigenvalue weighted by molar-refractivity contribution is 0.357. The number of nitrogens with two attached hydrogens (primary N) is 1. The molecule has 1 aliphatic heterocycles. The monoisotopic (exact) mass is 260 g/mol. The molecule has 0 fully saturated rings. The van der Waals surface area contributed by atoms with Crippen molar-refractivity contribution in [3.63, 3.8) is 0 Å². The minimum atomic E-state index is 0.0424. The first-order valence-corrected chi connectivity index (χ1v) is 7.15. The van der Waals surface area contributed by atoms with E-state index >= 15 is 0 Å². The van der Waals surface area contributed by atoms with Crippen LogP contribution in [0.25, 0.3) is 0 Å². The molecule has 0 saturated heterocycles. The number of aromatic nitrogens is 1. The van der Waals surface area contributed by atoms with Crippen molar-refractivity contribution in [2.24, 2.45) is 5.73 Å². The van der Waals surface area contributed by atoms with Gasteiger partial charge in [0.2, 0.25) is 0 Å². The van der Waals surface area contributed by atoms with Crippen LogP contribution in [-0.4, -0.2) is 11.6 Å². The molecular formula is C14H16N2OS. The molecule has 3 nitrogen and oxygen atoms in total. The summed E-state index contributed by atoms with van der Waals surface area (Å²) < 4.78 is 5.50. The topological polar surface area (TPSA) is 48.1 Å². The SMILES string of the molecule is NC(CCc1ccc2c(c1)CCO2)c1cscn1. The first-order valence-electron chi connectivity index (χ1n) is 6.21. The number of rotatable bonds is 4. The summed E-state index contributed by atoms with van der Waals surface area (Å²) in [7, 11) is 0. The second-order valence-electron chi connectivity index (χ2n) is 4.60. The van der Waals surface area contributed by atoms with Gasteiger partial charge in [0, 0.05) is 17.8 Å². The Balaban J connectivity index is 1.63. The van der Waals surface area contributed by atoms with Crippen LogP contribution in [0.15, 0.2) is 29.1 Å². The number of benzene rings is 1. The number of nitrogens with zero attached hydrogens (tertiary/aromatic N) is 1. The minimum absolute atomic E-state index is 0.0424. The van der Waals surface area contributed by atoms with E-state index in [1.807, 2.05) is 10.9 Å². The summed E-state index contributed by atoms with van der Waals surface area (Å²) in [4.78, 5) is 4.26. The molecule has 1 atom stereocenters. The lowest BCUT2D eigenvalue weighted by Gasteiger charge is -2.09. The number of aryl methyl sites for hydroxylation is 1. The van der Waals surface area contributed by atoms with E-state index in [1.165, 1.54) is 11.1 Å². The molecule has 3 rings (SSSR count). The summed E-state index contributed by atoms with van der Waals surface area (Å²) in [6.07, 6.45) is 2.96. The van der Waals surface area contributed by atoms with Gasteiger partial charge in [-0.05, 0) is 30.0 Å². The van der Waals surface area contributed by atoms with Crippen LogP contribution in [0.4, 0.5) is 0 Å². The van der Waals surface area contributed by atoms with Gasteiger partial charge in [0.25, 0.3) is 0 Å². The van der Waals surface area contributed by atoms with E-state index in [4.69, 9.17) is 10.5 Å². The fourth-order valence-electron chi connectivity index (χ4n) is 2.27. The van der Waals surface area contributed by atoms with Crippen molar-refractivity contribution in [2.75, 3.05) is 6.61 Å². The number of thiazole rings is 1. The van der Waals surface area contributed by atoms with Crippen molar-refractivity contribution >= 4 is 11.3 Å². The van der Waals surface area contributed by atoms with Gasteiger partial charge in [-0.25, -0.2) is 4.98 Å². The van der Waals surface area contributed by atoms with E-state index in [0.717, 1.165) is 37.3 Å². The fraction of sp³-hybridized carbons (Fsp3) is 0.357. The molecule has 0 bridgehead atoms. The van der Waals surface area contributed by atoms with Gasteiger partial charge in [-0.3, -0.25) is 0 Å². The average Bonchev–Trinajstić information content (AvgIpc) is 3.05. The highest BCUT2D eigenvalue weighted by Crippen LogP contribution is 2.27. The third-order valence-electron chi connectivity index (χ3n) is 3.33. The van der Waals surface area contributed by atoms with E-state index in [1.54, 1.807) is 11.3 Å². The second kappa shape index (κ2) is 5.08. The predicted molar refractivity (Wildman–Crippen MR) is 73.0 cm³/mol. The summed E-state index contributed by atoms with van der Waals surface area (Å²) in [5, 5.41) is 2.03. The second-order valence-corrected chi connectivity index (χ2v) is 5.32. The average molecular weight is 260 g/mol. The highest BCUT2D eigenvalue weighted by atomic mass is 32.1. The molecule has 2 heterocycles. The van der Waals surface area contributed by atoms with Gasteiger partial charge in [-0.1, -0.05) is 12.1 Å².